The summed E-state index contributed by atoms with van der Waals surface area (Å²) in [6, 6.07) is 9.46. The number of benzene rings is 1. The molecule has 0 bridgehead atoms. The van der Waals surface area contributed by atoms with Crippen LogP contribution in [0, 0.1) is 3.57 Å². The smallest absolute Gasteiger partial charge is 0.303 e. The van der Waals surface area contributed by atoms with Gasteiger partial charge in [-0.3, -0.25) is 7.86 Å². The van der Waals surface area contributed by atoms with E-state index < -0.39 is 27.2 Å². The number of aliphatic carboxylic acids is 1. The minimum atomic E-state index is -0.941. The lowest BCUT2D eigenvalue weighted by Gasteiger charge is -1.89. The fraction of sp³-hybridized carbons (Fsp3) is 0.417. The molecule has 0 unspecified atom stereocenters. The average molecular weight is 336 g/mol. The first kappa shape index (κ1) is 15.2. The van der Waals surface area contributed by atoms with E-state index in [9.17, 15) is 7.86 Å². The van der Waals surface area contributed by atoms with Crippen molar-refractivity contribution < 1.29 is 13.0 Å². The molecule has 0 atom stereocenters. The van der Waals surface area contributed by atoms with Crippen LogP contribution in [-0.4, -0.2) is 11.1 Å². The lowest BCUT2D eigenvalue weighted by Crippen LogP contribution is -1.92. The molecule has 16 heavy (non-hydrogen) atoms. The summed E-state index contributed by atoms with van der Waals surface area (Å²) in [4.78, 5) is 9.87. The predicted octanol–water partition coefficient (Wildman–Crippen LogP) is 3.82. The van der Waals surface area contributed by atoms with Crippen LogP contribution < -0.4 is 0 Å². The second kappa shape index (κ2) is 10.7. The maximum atomic E-state index is 10.2. The molecule has 4 heteroatoms. The number of halogens is 1. The summed E-state index contributed by atoms with van der Waals surface area (Å²) in [7, 11) is 0. The van der Waals surface area contributed by atoms with Gasteiger partial charge in [-0.15, -0.1) is 0 Å². The number of carboxylic acids is 1. The Morgan fingerprint density at radius 1 is 1.25 bits per heavy atom. The standard InChI is InChI=1S/C6H5IO.C6H12O2/c8-7-6-4-2-1-3-5-6;1-2-3-4-5-6(7)8/h1-5H;2-5H2,1H3,(H,7,8). The summed E-state index contributed by atoms with van der Waals surface area (Å²) >= 11 is -0.941. The molecule has 0 spiro atoms. The first-order valence-electron chi connectivity index (χ1n) is 5.24. The van der Waals surface area contributed by atoms with E-state index in [1.54, 1.807) is 0 Å². The molecule has 3 nitrogen and oxygen atoms in total. The molecule has 90 valence electrons. The fourth-order valence-corrected chi connectivity index (χ4v) is 1.70. The molecule has 0 aliphatic rings. The van der Waals surface area contributed by atoms with E-state index in [0.717, 1.165) is 22.8 Å². The Morgan fingerprint density at radius 2 is 1.88 bits per heavy atom. The lowest BCUT2D eigenvalue weighted by molar-refractivity contribution is -0.137. The van der Waals surface area contributed by atoms with Gasteiger partial charge in [0.05, 0.1) is 0 Å². The van der Waals surface area contributed by atoms with Gasteiger partial charge >= 0.3 is 5.97 Å². The van der Waals surface area contributed by atoms with Gasteiger partial charge in [0.2, 0.25) is 0 Å². The summed E-state index contributed by atoms with van der Waals surface area (Å²) in [6.07, 6.45) is 3.28. The Morgan fingerprint density at radius 3 is 2.25 bits per heavy atom. The third kappa shape index (κ3) is 9.76. The number of unbranched alkanes of at least 4 members (excludes halogenated alkanes) is 2. The van der Waals surface area contributed by atoms with Crippen molar-refractivity contribution in [1.29, 1.82) is 0 Å². The molecule has 0 aromatic heterocycles. The molecule has 0 radical (unpaired) electrons. The molecule has 0 amide bonds. The van der Waals surface area contributed by atoms with Crippen LogP contribution in [0.5, 0.6) is 0 Å². The van der Waals surface area contributed by atoms with Gasteiger partial charge in [-0.25, -0.2) is 0 Å². The van der Waals surface area contributed by atoms with Gasteiger partial charge in [0, 0.05) is 9.99 Å². The van der Waals surface area contributed by atoms with Crippen molar-refractivity contribution in [1.82, 2.24) is 0 Å². The second-order valence-corrected chi connectivity index (χ2v) is 4.91. The molecule has 0 aliphatic heterocycles. The van der Waals surface area contributed by atoms with Crippen molar-refractivity contribution in [2.45, 2.75) is 32.6 Å². The molecule has 1 rings (SSSR count). The second-order valence-electron chi connectivity index (χ2n) is 3.22. The highest BCUT2D eigenvalue weighted by molar-refractivity contribution is 14.1. The van der Waals surface area contributed by atoms with E-state index in [1.807, 2.05) is 30.3 Å². The first-order chi connectivity index (χ1) is 7.70. The Balaban J connectivity index is 0.000000281. The quantitative estimate of drug-likeness (QED) is 0.657. The zero-order valence-electron chi connectivity index (χ0n) is 9.36. The van der Waals surface area contributed by atoms with E-state index in [4.69, 9.17) is 5.11 Å². The Kier molecular flexibility index (Phi) is 10.2. The van der Waals surface area contributed by atoms with Crippen LogP contribution >= 0.6 is 21.2 Å². The van der Waals surface area contributed by atoms with Crippen molar-refractivity contribution in [3.63, 3.8) is 0 Å². The summed E-state index contributed by atoms with van der Waals surface area (Å²) in [5.41, 5.74) is 0. The average Bonchev–Trinajstić information content (AvgIpc) is 2.31. The fourth-order valence-electron chi connectivity index (χ4n) is 0.992. The molecular weight excluding hydrogens is 319 g/mol. The highest BCUT2D eigenvalue weighted by Gasteiger charge is 1.92. The molecule has 0 saturated heterocycles. The third-order valence-corrected chi connectivity index (χ3v) is 3.04. The van der Waals surface area contributed by atoms with Crippen LogP contribution in [0.4, 0.5) is 0 Å². The summed E-state index contributed by atoms with van der Waals surface area (Å²) in [5.74, 6) is -0.682. The van der Waals surface area contributed by atoms with Crippen molar-refractivity contribution in [3.8, 4) is 0 Å². The number of hydrogen-bond donors (Lipinski definition) is 1. The zero-order chi connectivity index (χ0) is 12.2. The van der Waals surface area contributed by atoms with Crippen LogP contribution in [0.25, 0.3) is 0 Å². The Bertz CT molecular complexity index is 298. The van der Waals surface area contributed by atoms with Crippen molar-refractivity contribution in [2.24, 2.45) is 0 Å². The molecule has 1 aromatic rings. The largest absolute Gasteiger partial charge is 0.481 e. The van der Waals surface area contributed by atoms with Crippen LogP contribution in [0.3, 0.4) is 0 Å². The summed E-state index contributed by atoms with van der Waals surface area (Å²) in [5, 5.41) is 8.14. The van der Waals surface area contributed by atoms with E-state index in [2.05, 4.69) is 6.92 Å². The summed E-state index contributed by atoms with van der Waals surface area (Å²) < 4.78 is 11.2. The minimum Gasteiger partial charge on any atom is -0.481 e. The SMILES string of the molecule is CCCCCC(=O)O.O=Ic1ccccc1. The lowest BCUT2D eigenvalue weighted by atomic mass is 10.2. The minimum absolute atomic E-state index is 0.327. The Hall–Kier alpha value is -0.780. The van der Waals surface area contributed by atoms with Gasteiger partial charge in [0.1, 0.15) is 0 Å². The normalized spacial score (nSPS) is 9.06. The number of carboxylic acid groups (broad SMARTS) is 1. The van der Waals surface area contributed by atoms with E-state index >= 15 is 0 Å². The zero-order valence-corrected chi connectivity index (χ0v) is 11.5. The number of rotatable bonds is 5. The first-order valence-corrected chi connectivity index (χ1v) is 7.20. The molecule has 0 saturated carbocycles. The van der Waals surface area contributed by atoms with Crippen molar-refractivity contribution >= 4 is 27.2 Å². The monoisotopic (exact) mass is 336 g/mol. The highest BCUT2D eigenvalue weighted by atomic mass is 127. The van der Waals surface area contributed by atoms with Crippen LogP contribution in [0.2, 0.25) is 0 Å². The molecule has 0 heterocycles. The van der Waals surface area contributed by atoms with E-state index in [-0.39, 0.29) is 0 Å². The maximum Gasteiger partial charge on any atom is 0.303 e. The molecule has 1 N–H and O–H groups in total. The van der Waals surface area contributed by atoms with Crippen LogP contribution in [-0.2, 0) is 7.86 Å². The highest BCUT2D eigenvalue weighted by Crippen LogP contribution is 2.06. The van der Waals surface area contributed by atoms with Gasteiger partial charge in [0.25, 0.3) is 0 Å². The maximum absolute atomic E-state index is 10.2. The number of hydrogen-bond acceptors (Lipinski definition) is 2. The van der Waals surface area contributed by atoms with Gasteiger partial charge < -0.3 is 5.11 Å². The van der Waals surface area contributed by atoms with Gasteiger partial charge in [-0.1, -0.05) is 38.0 Å². The third-order valence-electron chi connectivity index (χ3n) is 1.82. The van der Waals surface area contributed by atoms with E-state index in [1.165, 1.54) is 0 Å². The molecule has 1 aromatic carbocycles. The van der Waals surface area contributed by atoms with Crippen molar-refractivity contribution in [3.05, 3.63) is 33.9 Å². The van der Waals surface area contributed by atoms with Crippen LogP contribution in [0.1, 0.15) is 32.6 Å². The van der Waals surface area contributed by atoms with Crippen molar-refractivity contribution in [2.75, 3.05) is 0 Å². The van der Waals surface area contributed by atoms with E-state index in [0.29, 0.717) is 6.42 Å². The predicted molar refractivity (Wildman–Crippen MR) is 71.6 cm³/mol. The molecule has 0 aliphatic carbocycles. The Labute approximate surface area is 107 Å². The van der Waals surface area contributed by atoms with Crippen LogP contribution in [0.15, 0.2) is 30.3 Å². The van der Waals surface area contributed by atoms with Gasteiger partial charge in [-0.2, -0.15) is 0 Å². The van der Waals surface area contributed by atoms with Gasteiger partial charge in [-0.05, 0) is 18.6 Å². The van der Waals surface area contributed by atoms with Gasteiger partial charge in [0.15, 0.2) is 21.2 Å². The summed E-state index contributed by atoms with van der Waals surface area (Å²) in [6.45, 7) is 2.06. The molecular formula is C12H17IO3. The number of carbonyl (C=O) groups is 1. The molecule has 0 fully saturated rings. The topological polar surface area (TPSA) is 54.4 Å².